The van der Waals surface area contributed by atoms with Crippen LogP contribution in [0, 0.1) is 0 Å². The Kier molecular flexibility index (Phi) is 4.20. The topological polar surface area (TPSA) is 0 Å². The van der Waals surface area contributed by atoms with E-state index in [4.69, 9.17) is 0 Å². The van der Waals surface area contributed by atoms with Crippen LogP contribution in [0.4, 0.5) is 0 Å². The molecule has 3 rings (SSSR count). The number of aryl methyl sites for hydroxylation is 1. The molecule has 0 saturated heterocycles. The monoisotopic (exact) mass is 264 g/mol. The molecule has 1 aliphatic rings. The first kappa shape index (κ1) is 13.4. The Labute approximate surface area is 122 Å². The lowest BCUT2D eigenvalue weighted by Crippen LogP contribution is -1.89. The van der Waals surface area contributed by atoms with Crippen LogP contribution in [0.25, 0.3) is 11.1 Å². The third kappa shape index (κ3) is 2.80. The lowest BCUT2D eigenvalue weighted by molar-refractivity contribution is 0.632. The van der Waals surface area contributed by atoms with Gasteiger partial charge in [-0.05, 0) is 47.1 Å². The van der Waals surface area contributed by atoms with Gasteiger partial charge in [-0.25, -0.2) is 0 Å². The van der Waals surface area contributed by atoms with E-state index in [1.165, 1.54) is 66.3 Å². The number of benzene rings is 2. The number of rotatable bonds is 6. The first-order valence-corrected chi connectivity index (χ1v) is 8.08. The van der Waals surface area contributed by atoms with Crippen molar-refractivity contribution in [2.75, 3.05) is 0 Å². The SMILES string of the molecule is CCCCCCCc1ccc2c(c1)Cc1ccccc1-2. The van der Waals surface area contributed by atoms with E-state index in [0.29, 0.717) is 0 Å². The summed E-state index contributed by atoms with van der Waals surface area (Å²) in [6.45, 7) is 2.28. The van der Waals surface area contributed by atoms with Gasteiger partial charge in [0.15, 0.2) is 0 Å². The molecule has 0 heterocycles. The summed E-state index contributed by atoms with van der Waals surface area (Å²) < 4.78 is 0. The van der Waals surface area contributed by atoms with Crippen molar-refractivity contribution in [2.45, 2.75) is 51.9 Å². The fourth-order valence-electron chi connectivity index (χ4n) is 3.29. The van der Waals surface area contributed by atoms with Crippen molar-refractivity contribution < 1.29 is 0 Å². The third-order valence-electron chi connectivity index (χ3n) is 4.43. The Morgan fingerprint density at radius 1 is 0.800 bits per heavy atom. The Morgan fingerprint density at radius 2 is 1.60 bits per heavy atom. The van der Waals surface area contributed by atoms with Gasteiger partial charge >= 0.3 is 0 Å². The fourth-order valence-corrected chi connectivity index (χ4v) is 3.29. The molecule has 0 aromatic heterocycles. The highest BCUT2D eigenvalue weighted by Crippen LogP contribution is 2.36. The van der Waals surface area contributed by atoms with Gasteiger partial charge in [-0.3, -0.25) is 0 Å². The van der Waals surface area contributed by atoms with Crippen molar-refractivity contribution in [3.8, 4) is 11.1 Å². The zero-order valence-corrected chi connectivity index (χ0v) is 12.5. The molecule has 1 aliphatic carbocycles. The molecule has 0 aliphatic heterocycles. The summed E-state index contributed by atoms with van der Waals surface area (Å²) >= 11 is 0. The zero-order valence-electron chi connectivity index (χ0n) is 12.5. The average Bonchev–Trinajstić information content (AvgIpc) is 2.84. The molecule has 0 atom stereocenters. The maximum absolute atomic E-state index is 2.44. The maximum Gasteiger partial charge on any atom is -0.00134 e. The van der Waals surface area contributed by atoms with Crippen LogP contribution in [0.2, 0.25) is 0 Å². The van der Waals surface area contributed by atoms with Crippen LogP contribution in [-0.2, 0) is 12.8 Å². The van der Waals surface area contributed by atoms with Gasteiger partial charge in [0, 0.05) is 0 Å². The van der Waals surface area contributed by atoms with Gasteiger partial charge in [-0.1, -0.05) is 75.1 Å². The van der Waals surface area contributed by atoms with Gasteiger partial charge < -0.3 is 0 Å². The van der Waals surface area contributed by atoms with Gasteiger partial charge in [0.1, 0.15) is 0 Å². The van der Waals surface area contributed by atoms with Gasteiger partial charge in [-0.15, -0.1) is 0 Å². The lowest BCUT2D eigenvalue weighted by atomic mass is 10.00. The second-order valence-electron chi connectivity index (χ2n) is 5.99. The smallest absolute Gasteiger partial charge is 0.00134 e. The minimum absolute atomic E-state index is 1.12. The van der Waals surface area contributed by atoms with Crippen LogP contribution in [0.1, 0.15) is 55.7 Å². The van der Waals surface area contributed by atoms with Crippen molar-refractivity contribution in [1.82, 2.24) is 0 Å². The van der Waals surface area contributed by atoms with E-state index in [0.717, 1.165) is 6.42 Å². The molecule has 0 heteroatoms. The summed E-state index contributed by atoms with van der Waals surface area (Å²) in [5, 5.41) is 0. The zero-order chi connectivity index (χ0) is 13.8. The highest BCUT2D eigenvalue weighted by molar-refractivity contribution is 5.76. The van der Waals surface area contributed by atoms with Gasteiger partial charge in [0.25, 0.3) is 0 Å². The molecule has 0 saturated carbocycles. The van der Waals surface area contributed by atoms with Gasteiger partial charge in [0.05, 0.1) is 0 Å². The Morgan fingerprint density at radius 3 is 2.50 bits per heavy atom. The second kappa shape index (κ2) is 6.26. The maximum atomic E-state index is 2.44. The van der Waals surface area contributed by atoms with Crippen LogP contribution in [0.5, 0.6) is 0 Å². The van der Waals surface area contributed by atoms with E-state index in [9.17, 15) is 0 Å². The summed E-state index contributed by atoms with van der Waals surface area (Å²) in [6, 6.07) is 15.9. The van der Waals surface area contributed by atoms with Crippen molar-refractivity contribution in [3.05, 3.63) is 59.2 Å². The highest BCUT2D eigenvalue weighted by Gasteiger charge is 2.17. The number of unbranched alkanes of at least 4 members (excludes halogenated alkanes) is 4. The molecular formula is C20H24. The quantitative estimate of drug-likeness (QED) is 0.496. The molecule has 0 radical (unpaired) electrons. The van der Waals surface area contributed by atoms with Crippen LogP contribution >= 0.6 is 0 Å². The standard InChI is InChI=1S/C20H24/c1-2-3-4-5-6-9-16-12-13-20-18(14-16)15-17-10-7-8-11-19(17)20/h7-8,10-14H,2-6,9,15H2,1H3. The van der Waals surface area contributed by atoms with E-state index >= 15 is 0 Å². The third-order valence-corrected chi connectivity index (χ3v) is 4.43. The molecule has 0 N–H and O–H groups in total. The molecule has 0 fully saturated rings. The van der Waals surface area contributed by atoms with E-state index in [-0.39, 0.29) is 0 Å². The molecule has 0 spiro atoms. The normalized spacial score (nSPS) is 12.2. The Bertz CT molecular complexity index is 580. The largest absolute Gasteiger partial charge is 0.0654 e. The molecule has 2 aromatic rings. The van der Waals surface area contributed by atoms with Crippen molar-refractivity contribution in [1.29, 1.82) is 0 Å². The minimum atomic E-state index is 1.12. The van der Waals surface area contributed by atoms with Gasteiger partial charge in [-0.2, -0.15) is 0 Å². The van der Waals surface area contributed by atoms with Crippen molar-refractivity contribution >= 4 is 0 Å². The first-order chi connectivity index (χ1) is 9.88. The van der Waals surface area contributed by atoms with Crippen LogP contribution in [-0.4, -0.2) is 0 Å². The second-order valence-corrected chi connectivity index (χ2v) is 5.99. The molecule has 20 heavy (non-hydrogen) atoms. The molecule has 0 bridgehead atoms. The van der Waals surface area contributed by atoms with Gasteiger partial charge in [0.2, 0.25) is 0 Å². The van der Waals surface area contributed by atoms with Crippen LogP contribution in [0.15, 0.2) is 42.5 Å². The molecular weight excluding hydrogens is 240 g/mol. The van der Waals surface area contributed by atoms with Crippen LogP contribution in [0.3, 0.4) is 0 Å². The molecule has 0 nitrogen and oxygen atoms in total. The number of hydrogen-bond acceptors (Lipinski definition) is 0. The Balaban J connectivity index is 1.65. The summed E-state index contributed by atoms with van der Waals surface area (Å²) in [7, 11) is 0. The molecule has 0 amide bonds. The van der Waals surface area contributed by atoms with Crippen molar-refractivity contribution in [2.24, 2.45) is 0 Å². The van der Waals surface area contributed by atoms with E-state index in [1.54, 1.807) is 0 Å². The van der Waals surface area contributed by atoms with Crippen molar-refractivity contribution in [3.63, 3.8) is 0 Å². The predicted molar refractivity (Wildman–Crippen MR) is 87.1 cm³/mol. The average molecular weight is 264 g/mol. The van der Waals surface area contributed by atoms with E-state index < -0.39 is 0 Å². The number of hydrogen-bond donors (Lipinski definition) is 0. The summed E-state index contributed by atoms with van der Waals surface area (Å²) in [5.74, 6) is 0. The molecule has 2 aromatic carbocycles. The molecule has 104 valence electrons. The highest BCUT2D eigenvalue weighted by atomic mass is 14.2. The fraction of sp³-hybridized carbons (Fsp3) is 0.400. The predicted octanol–water partition coefficient (Wildman–Crippen LogP) is 5.77. The summed E-state index contributed by atoms with van der Waals surface area (Å²) in [5.41, 5.74) is 7.43. The Hall–Kier alpha value is -1.56. The molecule has 0 unspecified atom stereocenters. The van der Waals surface area contributed by atoms with E-state index in [1.807, 2.05) is 0 Å². The summed E-state index contributed by atoms with van der Waals surface area (Å²) in [6.07, 6.45) is 9.20. The van der Waals surface area contributed by atoms with Crippen LogP contribution < -0.4 is 0 Å². The minimum Gasteiger partial charge on any atom is -0.0654 e. The lowest BCUT2D eigenvalue weighted by Gasteiger charge is -2.05. The van der Waals surface area contributed by atoms with E-state index in [2.05, 4.69) is 49.4 Å². The number of fused-ring (bicyclic) bond motifs is 3. The first-order valence-electron chi connectivity index (χ1n) is 8.08. The summed E-state index contributed by atoms with van der Waals surface area (Å²) in [4.78, 5) is 0.